The molecule has 15 heavy (non-hydrogen) atoms. The van der Waals surface area contributed by atoms with Crippen LogP contribution in [0.5, 0.6) is 0 Å². The summed E-state index contributed by atoms with van der Waals surface area (Å²) >= 11 is 0. The van der Waals surface area contributed by atoms with Crippen LogP contribution in [0.25, 0.3) is 0 Å². The zero-order valence-electron chi connectivity index (χ0n) is 9.28. The largest absolute Gasteiger partial charge is 0.384 e. The van der Waals surface area contributed by atoms with E-state index in [0.29, 0.717) is 12.0 Å². The van der Waals surface area contributed by atoms with Gasteiger partial charge in [0.25, 0.3) is 0 Å². The van der Waals surface area contributed by atoms with Crippen LogP contribution >= 0.6 is 0 Å². The quantitative estimate of drug-likeness (QED) is 0.298. The molecule has 0 aromatic heterocycles. The van der Waals surface area contributed by atoms with Gasteiger partial charge in [0.2, 0.25) is 5.96 Å². The van der Waals surface area contributed by atoms with E-state index < -0.39 is 0 Å². The minimum atomic E-state index is 0.512. The van der Waals surface area contributed by atoms with Gasteiger partial charge >= 0.3 is 0 Å². The molecule has 2 rings (SSSR count). The number of nitrogens with two attached hydrogens (primary N) is 1. The van der Waals surface area contributed by atoms with Gasteiger partial charge in [0.1, 0.15) is 0 Å². The second kappa shape index (κ2) is 4.81. The third-order valence-corrected chi connectivity index (χ3v) is 2.97. The van der Waals surface area contributed by atoms with Gasteiger partial charge in [-0.15, -0.1) is 0 Å². The molecule has 86 valence electrons. The molecule has 1 aliphatic carbocycles. The van der Waals surface area contributed by atoms with E-state index in [-0.39, 0.29) is 0 Å². The Labute approximate surface area is 90.6 Å². The van der Waals surface area contributed by atoms with E-state index in [1.807, 2.05) is 0 Å². The first kappa shape index (κ1) is 10.7. The van der Waals surface area contributed by atoms with Crippen LogP contribution in [0.15, 0.2) is 4.99 Å². The summed E-state index contributed by atoms with van der Waals surface area (Å²) in [7, 11) is 1.75. The molecule has 5 nitrogen and oxygen atoms in total. The summed E-state index contributed by atoms with van der Waals surface area (Å²) in [4.78, 5) is 6.77. The normalized spacial score (nSPS) is 27.2. The first-order valence-electron chi connectivity index (χ1n) is 5.61. The van der Waals surface area contributed by atoms with E-state index in [2.05, 4.69) is 15.3 Å². The SMILES string of the molecule is COCC1CCN(C(=NC2CC2)NN)C1. The van der Waals surface area contributed by atoms with Crippen LogP contribution in [0.1, 0.15) is 19.3 Å². The van der Waals surface area contributed by atoms with Crippen molar-refractivity contribution in [2.24, 2.45) is 16.8 Å². The lowest BCUT2D eigenvalue weighted by molar-refractivity contribution is 0.157. The van der Waals surface area contributed by atoms with Crippen molar-refractivity contribution >= 4 is 5.96 Å². The molecular formula is C10H20N4O. The summed E-state index contributed by atoms with van der Waals surface area (Å²) in [6.45, 7) is 2.87. The molecule has 1 heterocycles. The first-order chi connectivity index (χ1) is 7.33. The summed E-state index contributed by atoms with van der Waals surface area (Å²) in [5.41, 5.74) is 2.71. The maximum Gasteiger partial charge on any atom is 0.208 e. The maximum absolute atomic E-state index is 5.49. The standard InChI is InChI=1S/C10H20N4O/c1-15-7-8-4-5-14(6-8)10(13-11)12-9-2-3-9/h8-9H,2-7,11H2,1H3,(H,12,13). The second-order valence-electron chi connectivity index (χ2n) is 4.38. The van der Waals surface area contributed by atoms with Gasteiger partial charge in [0.15, 0.2) is 0 Å². The van der Waals surface area contributed by atoms with Crippen molar-refractivity contribution in [1.29, 1.82) is 0 Å². The molecule has 2 aliphatic rings. The molecule has 3 N–H and O–H groups in total. The van der Waals surface area contributed by atoms with E-state index in [1.165, 1.54) is 19.3 Å². The van der Waals surface area contributed by atoms with Crippen LogP contribution in [0.2, 0.25) is 0 Å². The van der Waals surface area contributed by atoms with E-state index >= 15 is 0 Å². The molecular weight excluding hydrogens is 192 g/mol. The number of nitrogens with one attached hydrogen (secondary N) is 1. The van der Waals surface area contributed by atoms with Gasteiger partial charge in [-0.3, -0.25) is 5.43 Å². The zero-order chi connectivity index (χ0) is 10.7. The Balaban J connectivity index is 1.87. The lowest BCUT2D eigenvalue weighted by Gasteiger charge is -2.19. The van der Waals surface area contributed by atoms with Crippen molar-refractivity contribution in [3.8, 4) is 0 Å². The van der Waals surface area contributed by atoms with Gasteiger partial charge in [-0.05, 0) is 19.3 Å². The number of aliphatic imine (C=N–C) groups is 1. The lowest BCUT2D eigenvalue weighted by Crippen LogP contribution is -2.44. The van der Waals surface area contributed by atoms with Gasteiger partial charge in [0.05, 0.1) is 12.6 Å². The second-order valence-corrected chi connectivity index (χ2v) is 4.38. The molecule has 1 aliphatic heterocycles. The number of hydrazine groups is 1. The Kier molecular flexibility index (Phi) is 3.43. The number of hydrogen-bond donors (Lipinski definition) is 2. The average Bonchev–Trinajstić information content (AvgIpc) is 2.95. The highest BCUT2D eigenvalue weighted by Crippen LogP contribution is 2.24. The third kappa shape index (κ3) is 2.82. The van der Waals surface area contributed by atoms with Gasteiger partial charge in [-0.1, -0.05) is 0 Å². The number of guanidine groups is 1. The highest BCUT2D eigenvalue weighted by atomic mass is 16.5. The zero-order valence-corrected chi connectivity index (χ0v) is 9.28. The summed E-state index contributed by atoms with van der Waals surface area (Å²) < 4.78 is 5.16. The van der Waals surface area contributed by atoms with Crippen molar-refractivity contribution in [2.75, 3.05) is 26.8 Å². The van der Waals surface area contributed by atoms with Gasteiger partial charge < -0.3 is 9.64 Å². The number of rotatable bonds is 3. The third-order valence-electron chi connectivity index (χ3n) is 2.97. The molecule has 2 fully saturated rings. The van der Waals surface area contributed by atoms with Gasteiger partial charge in [-0.25, -0.2) is 10.8 Å². The highest BCUT2D eigenvalue weighted by Gasteiger charge is 2.27. The molecule has 1 unspecified atom stereocenters. The number of likely N-dealkylation sites (tertiary alicyclic amines) is 1. The Hall–Kier alpha value is -0.810. The Morgan fingerprint density at radius 3 is 2.93 bits per heavy atom. The monoisotopic (exact) mass is 212 g/mol. The summed E-state index contributed by atoms with van der Waals surface area (Å²) in [5.74, 6) is 6.97. The number of nitrogens with zero attached hydrogens (tertiary/aromatic N) is 2. The average molecular weight is 212 g/mol. The predicted octanol–water partition coefficient (Wildman–Crippen LogP) is -0.0636. The minimum Gasteiger partial charge on any atom is -0.384 e. The minimum absolute atomic E-state index is 0.512. The first-order valence-corrected chi connectivity index (χ1v) is 5.61. The highest BCUT2D eigenvalue weighted by molar-refractivity contribution is 5.80. The smallest absolute Gasteiger partial charge is 0.208 e. The number of methoxy groups -OCH3 is 1. The van der Waals surface area contributed by atoms with E-state index in [4.69, 9.17) is 10.6 Å². The van der Waals surface area contributed by atoms with Crippen LogP contribution in [0.4, 0.5) is 0 Å². The van der Waals surface area contributed by atoms with Crippen molar-refractivity contribution < 1.29 is 4.74 Å². The van der Waals surface area contributed by atoms with Crippen molar-refractivity contribution in [3.63, 3.8) is 0 Å². The van der Waals surface area contributed by atoms with Crippen LogP contribution < -0.4 is 11.3 Å². The fourth-order valence-corrected chi connectivity index (χ4v) is 1.98. The Morgan fingerprint density at radius 1 is 1.53 bits per heavy atom. The molecule has 0 spiro atoms. The van der Waals surface area contributed by atoms with E-state index in [0.717, 1.165) is 25.7 Å². The lowest BCUT2D eigenvalue weighted by atomic mass is 10.1. The molecule has 0 bridgehead atoms. The predicted molar refractivity (Wildman–Crippen MR) is 59.3 cm³/mol. The molecule has 0 radical (unpaired) electrons. The Bertz CT molecular complexity index is 240. The number of hydrogen-bond acceptors (Lipinski definition) is 3. The van der Waals surface area contributed by atoms with Crippen LogP contribution in [-0.2, 0) is 4.74 Å². The van der Waals surface area contributed by atoms with Crippen LogP contribution in [-0.4, -0.2) is 43.7 Å². The van der Waals surface area contributed by atoms with E-state index in [9.17, 15) is 0 Å². The molecule has 1 saturated carbocycles. The van der Waals surface area contributed by atoms with Crippen molar-refractivity contribution in [1.82, 2.24) is 10.3 Å². The Morgan fingerprint density at radius 2 is 2.33 bits per heavy atom. The van der Waals surface area contributed by atoms with Gasteiger partial charge in [-0.2, -0.15) is 0 Å². The molecule has 1 saturated heterocycles. The van der Waals surface area contributed by atoms with Crippen LogP contribution in [0, 0.1) is 5.92 Å². The van der Waals surface area contributed by atoms with Gasteiger partial charge in [0, 0.05) is 26.1 Å². The topological polar surface area (TPSA) is 62.9 Å². The molecule has 0 aromatic carbocycles. The molecule has 0 aromatic rings. The maximum atomic E-state index is 5.49. The van der Waals surface area contributed by atoms with Crippen molar-refractivity contribution in [2.45, 2.75) is 25.3 Å². The summed E-state index contributed by atoms with van der Waals surface area (Å²) in [5, 5.41) is 0. The molecule has 0 amide bonds. The number of ether oxygens (including phenoxy) is 1. The fraction of sp³-hybridized carbons (Fsp3) is 0.900. The summed E-state index contributed by atoms with van der Waals surface area (Å²) in [6, 6.07) is 0.512. The molecule has 1 atom stereocenters. The summed E-state index contributed by atoms with van der Waals surface area (Å²) in [6.07, 6.45) is 3.58. The van der Waals surface area contributed by atoms with Crippen molar-refractivity contribution in [3.05, 3.63) is 0 Å². The van der Waals surface area contributed by atoms with E-state index in [1.54, 1.807) is 7.11 Å². The molecule has 5 heteroatoms. The van der Waals surface area contributed by atoms with Crippen LogP contribution in [0.3, 0.4) is 0 Å². The fourth-order valence-electron chi connectivity index (χ4n) is 1.98.